The van der Waals surface area contributed by atoms with Crippen molar-refractivity contribution in [3.63, 3.8) is 0 Å². The van der Waals surface area contributed by atoms with Crippen LogP contribution in [0.3, 0.4) is 0 Å². The summed E-state index contributed by atoms with van der Waals surface area (Å²) in [7, 11) is 0. The van der Waals surface area contributed by atoms with Crippen molar-refractivity contribution in [2.24, 2.45) is 5.92 Å². The smallest absolute Gasteiger partial charge is 0.0520 e. The van der Waals surface area contributed by atoms with Gasteiger partial charge < -0.3 is 9.80 Å². The molecule has 0 atom stereocenters. The monoisotopic (exact) mass is 853 g/mol. The summed E-state index contributed by atoms with van der Waals surface area (Å²) in [6.45, 7) is 37.4. The molecule has 5 aromatic carbocycles. The van der Waals surface area contributed by atoms with E-state index in [0.29, 0.717) is 5.92 Å². The number of allylic oxidation sites excluding steroid dienone is 2. The van der Waals surface area contributed by atoms with E-state index in [1.165, 1.54) is 123 Å². The Labute approximate surface area is 389 Å². The molecule has 2 fully saturated rings. The first-order chi connectivity index (χ1) is 30.1. The van der Waals surface area contributed by atoms with Gasteiger partial charge in [0.15, 0.2) is 0 Å². The fourth-order valence-corrected chi connectivity index (χ4v) is 12.9. The van der Waals surface area contributed by atoms with E-state index in [1.807, 2.05) is 0 Å². The van der Waals surface area contributed by atoms with Gasteiger partial charge in [0.25, 0.3) is 0 Å². The molecule has 0 amide bonds. The number of fused-ring (bicyclic) bond motifs is 3. The highest BCUT2D eigenvalue weighted by Crippen LogP contribution is 2.70. The summed E-state index contributed by atoms with van der Waals surface area (Å²) in [6, 6.07) is 34.7. The van der Waals surface area contributed by atoms with Gasteiger partial charge in [-0.05, 0) is 193 Å². The highest BCUT2D eigenvalue weighted by Gasteiger charge is 2.62. The molecule has 64 heavy (non-hydrogen) atoms. The highest BCUT2D eigenvalue weighted by atomic mass is 15.2. The van der Waals surface area contributed by atoms with Gasteiger partial charge in [-0.25, -0.2) is 0 Å². The number of rotatable bonds is 10. The molecule has 0 aliphatic heterocycles. The summed E-state index contributed by atoms with van der Waals surface area (Å²) in [5.74, 6) is 0.371. The Balaban J connectivity index is 1.34. The first-order valence-corrected chi connectivity index (χ1v) is 25.0. The van der Waals surface area contributed by atoms with E-state index >= 15 is 0 Å². The van der Waals surface area contributed by atoms with Crippen LogP contribution in [0.15, 0.2) is 96.7 Å². The number of hydrogen-bond acceptors (Lipinski definition) is 2. The average molecular weight is 853 g/mol. The second kappa shape index (κ2) is 16.4. The molecular weight excluding hydrogens is 773 g/mol. The van der Waals surface area contributed by atoms with Crippen molar-refractivity contribution in [1.29, 1.82) is 0 Å². The zero-order valence-electron chi connectivity index (χ0n) is 42.8. The fraction of sp³-hybridized carbons (Fsp3) is 0.484. The third-order valence-electron chi connectivity index (χ3n) is 16.9. The van der Waals surface area contributed by atoms with Crippen molar-refractivity contribution in [3.8, 4) is 11.1 Å². The molecule has 2 nitrogen and oxygen atoms in total. The van der Waals surface area contributed by atoms with Crippen LogP contribution >= 0.6 is 0 Å². The zero-order chi connectivity index (χ0) is 46.3. The summed E-state index contributed by atoms with van der Waals surface area (Å²) in [6.07, 6.45) is 12.2. The van der Waals surface area contributed by atoms with E-state index in [0.717, 1.165) is 12.8 Å². The first kappa shape index (κ1) is 46.0. The maximum Gasteiger partial charge on any atom is 0.0520 e. The molecule has 5 aromatic rings. The van der Waals surface area contributed by atoms with Gasteiger partial charge in [0.1, 0.15) is 0 Å². The predicted molar refractivity (Wildman–Crippen MR) is 279 cm³/mol. The molecule has 2 heteroatoms. The van der Waals surface area contributed by atoms with E-state index in [-0.39, 0.29) is 27.1 Å². The van der Waals surface area contributed by atoms with Crippen LogP contribution in [0.25, 0.3) is 11.1 Å². The van der Waals surface area contributed by atoms with Crippen molar-refractivity contribution in [2.45, 2.75) is 189 Å². The van der Waals surface area contributed by atoms with Crippen LogP contribution < -0.4 is 9.80 Å². The van der Waals surface area contributed by atoms with Gasteiger partial charge in [-0.1, -0.05) is 144 Å². The SMILES string of the molecule is C/C=C(/C(C)C)N(c1ccc2c(c1)C13CCCC1(CCC3)c1cc(N(c3ccc(C(C)(CC)CC)cc3)c3c(C)cc(C(C)(C)C)cc3C)ccc1-2)c1c(C)cc(C(C)(C)C)cc1C. The molecular formula is C62H80N2. The number of aryl methyl sites for hydroxylation is 4. The van der Waals surface area contributed by atoms with E-state index in [1.54, 1.807) is 11.1 Å². The Hall–Kier alpha value is -4.56. The number of anilines is 5. The number of hydrogen-bond donors (Lipinski definition) is 0. The highest BCUT2D eigenvalue weighted by molar-refractivity contribution is 5.88. The zero-order valence-corrected chi connectivity index (χ0v) is 42.8. The summed E-state index contributed by atoms with van der Waals surface area (Å²) in [5.41, 5.74) is 24.1. The lowest BCUT2D eigenvalue weighted by atomic mass is 9.55. The van der Waals surface area contributed by atoms with Crippen LogP contribution in [0, 0.1) is 33.6 Å². The standard InChI is InChI=1S/C62H80N2/c1-17-55(40(4)5)64(57-43(8)36-47(37-44(57)9)59(13,14)15)50-27-29-52-51-28-26-49(38-53(51)61-30-20-32-62(61,33-21-31-61)54(52)39-50)63(48-24-22-45(23-25-48)60(16,18-2)19-3)56-41(6)34-46(35-42(56)7)58(10,11)12/h17,22-29,34-40H,18-21,30-33H2,1-16H3/b55-17-. The molecule has 0 spiro atoms. The minimum absolute atomic E-state index is 0.0760. The number of nitrogens with zero attached hydrogens (tertiary/aromatic N) is 2. The average Bonchev–Trinajstić information content (AvgIpc) is 3.82. The Morgan fingerprint density at radius 1 is 0.547 bits per heavy atom. The van der Waals surface area contributed by atoms with E-state index < -0.39 is 0 Å². The quantitative estimate of drug-likeness (QED) is 0.138. The Kier molecular flexibility index (Phi) is 11.8. The van der Waals surface area contributed by atoms with Crippen LogP contribution in [0.2, 0.25) is 0 Å². The number of benzene rings is 5. The summed E-state index contributed by atoms with van der Waals surface area (Å²) in [5, 5.41) is 0. The predicted octanol–water partition coefficient (Wildman–Crippen LogP) is 18.3. The third kappa shape index (κ3) is 7.29. The maximum absolute atomic E-state index is 2.66. The normalized spacial score (nSPS) is 19.7. The summed E-state index contributed by atoms with van der Waals surface area (Å²) in [4.78, 5) is 5.24. The van der Waals surface area contributed by atoms with Gasteiger partial charge in [-0.15, -0.1) is 0 Å². The van der Waals surface area contributed by atoms with Gasteiger partial charge in [-0.2, -0.15) is 0 Å². The Morgan fingerprint density at radius 3 is 1.36 bits per heavy atom. The van der Waals surface area contributed by atoms with Crippen molar-refractivity contribution >= 4 is 28.4 Å². The first-order valence-electron chi connectivity index (χ1n) is 25.0. The molecule has 3 aliphatic carbocycles. The van der Waals surface area contributed by atoms with Crippen LogP contribution in [-0.2, 0) is 27.1 Å². The molecule has 2 saturated carbocycles. The lowest BCUT2D eigenvalue weighted by Gasteiger charge is -2.48. The summed E-state index contributed by atoms with van der Waals surface area (Å²) < 4.78 is 0. The molecule has 8 rings (SSSR count). The lowest BCUT2D eigenvalue weighted by molar-refractivity contribution is 0.299. The van der Waals surface area contributed by atoms with Gasteiger partial charge in [0.05, 0.1) is 11.4 Å². The van der Waals surface area contributed by atoms with Crippen LogP contribution in [-0.4, -0.2) is 0 Å². The van der Waals surface area contributed by atoms with Crippen molar-refractivity contribution < 1.29 is 0 Å². The topological polar surface area (TPSA) is 6.48 Å². The largest absolute Gasteiger partial charge is 0.314 e. The second-order valence-corrected chi connectivity index (χ2v) is 23.1. The van der Waals surface area contributed by atoms with Crippen molar-refractivity contribution in [3.05, 3.63) is 147 Å². The molecule has 3 aliphatic rings. The van der Waals surface area contributed by atoms with Crippen LogP contribution in [0.1, 0.15) is 185 Å². The second-order valence-electron chi connectivity index (χ2n) is 23.1. The summed E-state index contributed by atoms with van der Waals surface area (Å²) >= 11 is 0. The van der Waals surface area contributed by atoms with Gasteiger partial charge >= 0.3 is 0 Å². The van der Waals surface area contributed by atoms with E-state index in [2.05, 4.69) is 212 Å². The van der Waals surface area contributed by atoms with Crippen LogP contribution in [0.5, 0.6) is 0 Å². The molecule has 338 valence electrons. The van der Waals surface area contributed by atoms with E-state index in [9.17, 15) is 0 Å². The third-order valence-corrected chi connectivity index (χ3v) is 16.9. The molecule has 0 saturated heterocycles. The van der Waals surface area contributed by atoms with E-state index in [4.69, 9.17) is 0 Å². The van der Waals surface area contributed by atoms with Crippen LogP contribution in [0.4, 0.5) is 28.4 Å². The molecule has 0 heterocycles. The minimum Gasteiger partial charge on any atom is -0.314 e. The lowest BCUT2D eigenvalue weighted by Crippen LogP contribution is -2.43. The van der Waals surface area contributed by atoms with Crippen molar-refractivity contribution in [1.82, 2.24) is 0 Å². The minimum atomic E-state index is 0.0760. The Bertz CT molecular complexity index is 2540. The molecule has 0 N–H and O–H groups in total. The van der Waals surface area contributed by atoms with Crippen molar-refractivity contribution in [2.75, 3.05) is 9.80 Å². The van der Waals surface area contributed by atoms with Gasteiger partial charge in [0.2, 0.25) is 0 Å². The molecule has 0 aromatic heterocycles. The van der Waals surface area contributed by atoms with Gasteiger partial charge in [0, 0.05) is 33.6 Å². The molecule has 0 bridgehead atoms. The fourth-order valence-electron chi connectivity index (χ4n) is 12.9. The van der Waals surface area contributed by atoms with Gasteiger partial charge in [-0.3, -0.25) is 0 Å². The molecule has 0 radical (unpaired) electrons. The maximum atomic E-state index is 2.66. The molecule has 0 unspecified atom stereocenters. The Morgan fingerprint density at radius 2 is 0.953 bits per heavy atom.